The number of piperidine rings is 1. The Morgan fingerprint density at radius 1 is 1.35 bits per heavy atom. The molecule has 0 aromatic carbocycles. The first-order chi connectivity index (χ1) is 9.78. The van der Waals surface area contributed by atoms with Crippen LogP contribution in [0.3, 0.4) is 0 Å². The van der Waals surface area contributed by atoms with Gasteiger partial charge in [-0.2, -0.15) is 0 Å². The molecule has 3 heterocycles. The number of rotatable bonds is 4. The third-order valence-corrected chi connectivity index (χ3v) is 4.41. The molecule has 1 atom stereocenters. The van der Waals surface area contributed by atoms with Gasteiger partial charge < -0.3 is 9.88 Å². The summed E-state index contributed by atoms with van der Waals surface area (Å²) in [5.41, 5.74) is 0. The van der Waals surface area contributed by atoms with E-state index in [1.54, 1.807) is 0 Å². The van der Waals surface area contributed by atoms with Crippen LogP contribution in [0.2, 0.25) is 0 Å². The van der Waals surface area contributed by atoms with E-state index < -0.39 is 0 Å². The highest BCUT2D eigenvalue weighted by Crippen LogP contribution is 2.21. The molecule has 0 bridgehead atoms. The molecule has 0 amide bonds. The van der Waals surface area contributed by atoms with Gasteiger partial charge in [-0.05, 0) is 26.2 Å². The Bertz CT molecular complexity index is 493. The van der Waals surface area contributed by atoms with Gasteiger partial charge in [0.1, 0.15) is 11.6 Å². The largest absolute Gasteiger partial charge is 0.314 e. The van der Waals surface area contributed by atoms with Gasteiger partial charge in [0, 0.05) is 32.1 Å². The predicted molar refractivity (Wildman–Crippen MR) is 78.2 cm³/mol. The van der Waals surface area contributed by atoms with Crippen molar-refractivity contribution in [2.24, 2.45) is 0 Å². The third-order valence-electron chi connectivity index (χ3n) is 4.41. The van der Waals surface area contributed by atoms with E-state index in [1.165, 1.54) is 6.42 Å². The molecule has 1 N–H and O–H groups in total. The third kappa shape index (κ3) is 2.72. The molecule has 1 unspecified atom stereocenters. The summed E-state index contributed by atoms with van der Waals surface area (Å²) >= 11 is 0. The Labute approximate surface area is 120 Å². The highest BCUT2D eigenvalue weighted by molar-refractivity contribution is 5.04. The number of nitrogens with zero attached hydrogens (tertiary/aromatic N) is 4. The van der Waals surface area contributed by atoms with Crippen LogP contribution >= 0.6 is 0 Å². The van der Waals surface area contributed by atoms with E-state index >= 15 is 0 Å². The molecule has 5 nitrogen and oxygen atoms in total. The van der Waals surface area contributed by atoms with Crippen molar-refractivity contribution in [2.45, 2.75) is 51.2 Å². The van der Waals surface area contributed by atoms with Gasteiger partial charge in [-0.3, -0.25) is 4.90 Å². The summed E-state index contributed by atoms with van der Waals surface area (Å²) < 4.78 is 2.28. The fraction of sp³-hybridized carbons (Fsp3) is 0.733. The van der Waals surface area contributed by atoms with Crippen LogP contribution in [-0.4, -0.2) is 45.3 Å². The minimum absolute atomic E-state index is 0.276. The molecule has 1 aromatic rings. The van der Waals surface area contributed by atoms with Crippen LogP contribution in [0, 0.1) is 12.3 Å². The van der Waals surface area contributed by atoms with E-state index in [1.807, 2.05) is 0 Å². The van der Waals surface area contributed by atoms with Gasteiger partial charge in [-0.25, -0.2) is 0 Å². The van der Waals surface area contributed by atoms with Crippen molar-refractivity contribution in [1.82, 2.24) is 25.0 Å². The van der Waals surface area contributed by atoms with Gasteiger partial charge >= 0.3 is 0 Å². The van der Waals surface area contributed by atoms with Crippen molar-refractivity contribution < 1.29 is 0 Å². The molecule has 1 saturated heterocycles. The summed E-state index contributed by atoms with van der Waals surface area (Å²) in [4.78, 5) is 2.34. The molecule has 3 rings (SSSR count). The lowest BCUT2D eigenvalue weighted by Gasteiger charge is -2.32. The number of aromatic nitrogens is 3. The second-order valence-corrected chi connectivity index (χ2v) is 5.87. The Kier molecular flexibility index (Phi) is 4.04. The van der Waals surface area contributed by atoms with Crippen molar-refractivity contribution in [2.75, 3.05) is 19.6 Å². The molecule has 5 heteroatoms. The van der Waals surface area contributed by atoms with Crippen molar-refractivity contribution in [3.05, 3.63) is 11.6 Å². The van der Waals surface area contributed by atoms with Crippen molar-refractivity contribution in [3.8, 4) is 12.3 Å². The Hall–Kier alpha value is -1.38. The maximum absolute atomic E-state index is 5.37. The summed E-state index contributed by atoms with van der Waals surface area (Å²) in [5, 5.41) is 12.4. The zero-order valence-electron chi connectivity index (χ0n) is 12.2. The average Bonchev–Trinajstić information content (AvgIpc) is 3.03. The number of fused-ring (bicyclic) bond motifs is 1. The van der Waals surface area contributed by atoms with Crippen LogP contribution in [-0.2, 0) is 13.0 Å². The van der Waals surface area contributed by atoms with Crippen molar-refractivity contribution >= 4 is 0 Å². The molecule has 0 aliphatic carbocycles. The van der Waals surface area contributed by atoms with Crippen molar-refractivity contribution in [1.29, 1.82) is 0 Å². The first-order valence-electron chi connectivity index (χ1n) is 7.61. The van der Waals surface area contributed by atoms with Crippen LogP contribution < -0.4 is 5.32 Å². The predicted octanol–water partition coefficient (Wildman–Crippen LogP) is 0.972. The average molecular weight is 273 g/mol. The highest BCUT2D eigenvalue weighted by atomic mass is 15.3. The molecule has 0 spiro atoms. The molecule has 1 aromatic heterocycles. The maximum Gasteiger partial charge on any atom is 0.149 e. The van der Waals surface area contributed by atoms with Gasteiger partial charge in [0.25, 0.3) is 0 Å². The molecular weight excluding hydrogens is 250 g/mol. The first kappa shape index (κ1) is 13.6. The van der Waals surface area contributed by atoms with Gasteiger partial charge in [-0.1, -0.05) is 5.92 Å². The second-order valence-electron chi connectivity index (χ2n) is 5.87. The van der Waals surface area contributed by atoms with Gasteiger partial charge in [0.15, 0.2) is 0 Å². The molecular formula is C15H23N5. The normalized spacial score (nSPS) is 21.6. The summed E-state index contributed by atoms with van der Waals surface area (Å²) in [6, 6.07) is 0.840. The highest BCUT2D eigenvalue weighted by Gasteiger charge is 2.25. The van der Waals surface area contributed by atoms with Crippen LogP contribution in [0.15, 0.2) is 0 Å². The Balaban J connectivity index is 1.55. The van der Waals surface area contributed by atoms with E-state index in [9.17, 15) is 0 Å². The fourth-order valence-corrected chi connectivity index (χ4v) is 3.31. The lowest BCUT2D eigenvalue weighted by molar-refractivity contribution is 0.209. The molecule has 20 heavy (non-hydrogen) atoms. The number of aryl methyl sites for hydroxylation is 1. The van der Waals surface area contributed by atoms with E-state index in [0.717, 1.165) is 57.1 Å². The number of nitrogens with one attached hydrogen (secondary N) is 1. The van der Waals surface area contributed by atoms with Crippen LogP contribution in [0.25, 0.3) is 0 Å². The standard InChI is InChI=1S/C15H23N5/c1-3-8-19-10-6-13(7-11-19)16-12(2)15-18-17-14-5-4-9-20(14)15/h1,12-13,16H,4-11H2,2H3. The van der Waals surface area contributed by atoms with E-state index in [0.29, 0.717) is 6.04 Å². The van der Waals surface area contributed by atoms with E-state index in [4.69, 9.17) is 6.42 Å². The van der Waals surface area contributed by atoms with E-state index in [2.05, 4.69) is 37.8 Å². The van der Waals surface area contributed by atoms with Crippen LogP contribution in [0.5, 0.6) is 0 Å². The minimum Gasteiger partial charge on any atom is -0.314 e. The molecule has 2 aliphatic heterocycles. The molecule has 108 valence electrons. The van der Waals surface area contributed by atoms with Gasteiger partial charge in [0.2, 0.25) is 0 Å². The smallest absolute Gasteiger partial charge is 0.149 e. The molecule has 2 aliphatic rings. The minimum atomic E-state index is 0.276. The quantitative estimate of drug-likeness (QED) is 0.831. The lowest BCUT2D eigenvalue weighted by Crippen LogP contribution is -2.43. The molecule has 0 radical (unpaired) electrons. The summed E-state index contributed by atoms with van der Waals surface area (Å²) in [6.45, 7) is 6.23. The summed E-state index contributed by atoms with van der Waals surface area (Å²) in [5.74, 6) is 4.98. The Morgan fingerprint density at radius 3 is 2.90 bits per heavy atom. The lowest BCUT2D eigenvalue weighted by atomic mass is 10.0. The SMILES string of the molecule is C#CCN1CCC(NC(C)c2nnc3n2CCC3)CC1. The maximum atomic E-state index is 5.37. The molecule has 0 saturated carbocycles. The van der Waals surface area contributed by atoms with Crippen molar-refractivity contribution in [3.63, 3.8) is 0 Å². The molecule has 1 fully saturated rings. The number of likely N-dealkylation sites (tertiary alicyclic amines) is 1. The van der Waals surface area contributed by atoms with Crippen LogP contribution in [0.1, 0.15) is 43.9 Å². The first-order valence-corrected chi connectivity index (χ1v) is 7.61. The summed E-state index contributed by atoms with van der Waals surface area (Å²) in [6.07, 6.45) is 9.96. The zero-order chi connectivity index (χ0) is 13.9. The second kappa shape index (κ2) is 5.94. The zero-order valence-corrected chi connectivity index (χ0v) is 12.2. The number of hydrogen-bond donors (Lipinski definition) is 1. The van der Waals surface area contributed by atoms with Gasteiger partial charge in [0.05, 0.1) is 12.6 Å². The fourth-order valence-electron chi connectivity index (χ4n) is 3.31. The number of terminal acetylenes is 1. The topological polar surface area (TPSA) is 46.0 Å². The van der Waals surface area contributed by atoms with Crippen LogP contribution in [0.4, 0.5) is 0 Å². The Morgan fingerprint density at radius 2 is 2.15 bits per heavy atom. The number of hydrogen-bond acceptors (Lipinski definition) is 4. The summed E-state index contributed by atoms with van der Waals surface area (Å²) in [7, 11) is 0. The monoisotopic (exact) mass is 273 g/mol. The van der Waals surface area contributed by atoms with E-state index in [-0.39, 0.29) is 6.04 Å². The van der Waals surface area contributed by atoms with Gasteiger partial charge in [-0.15, -0.1) is 16.6 Å².